The standard InChI is InChI=1S/C15H14ClNOS/c1-19-14-8-3-2-7-13(14)17-15(18)12-6-4-5-11(9-12)10-16/h2-9H,10H2,1H3,(H,17,18). The molecule has 0 bridgehead atoms. The van der Waals surface area contributed by atoms with E-state index >= 15 is 0 Å². The van der Waals surface area contributed by atoms with Crippen LogP contribution in [0.15, 0.2) is 53.4 Å². The molecule has 2 rings (SSSR count). The molecular weight excluding hydrogens is 278 g/mol. The number of hydrogen-bond donors (Lipinski definition) is 1. The fourth-order valence-corrected chi connectivity index (χ4v) is 2.46. The summed E-state index contributed by atoms with van der Waals surface area (Å²) >= 11 is 7.38. The summed E-state index contributed by atoms with van der Waals surface area (Å²) in [5, 5.41) is 2.93. The highest BCUT2D eigenvalue weighted by atomic mass is 35.5. The van der Waals surface area contributed by atoms with Crippen molar-refractivity contribution >= 4 is 35.0 Å². The third-order valence-corrected chi connectivity index (χ3v) is 3.80. The maximum absolute atomic E-state index is 12.2. The predicted molar refractivity (Wildman–Crippen MR) is 82.2 cm³/mol. The number of nitrogens with one attached hydrogen (secondary N) is 1. The number of carbonyl (C=O) groups is 1. The molecule has 98 valence electrons. The molecule has 0 aliphatic carbocycles. The van der Waals surface area contributed by atoms with E-state index in [2.05, 4.69) is 5.32 Å². The molecule has 2 aromatic carbocycles. The van der Waals surface area contributed by atoms with Crippen molar-refractivity contribution in [1.82, 2.24) is 0 Å². The van der Waals surface area contributed by atoms with Gasteiger partial charge in [0.15, 0.2) is 0 Å². The SMILES string of the molecule is CSc1ccccc1NC(=O)c1cccc(CCl)c1. The Morgan fingerprint density at radius 3 is 2.74 bits per heavy atom. The Hall–Kier alpha value is -1.45. The molecule has 2 nitrogen and oxygen atoms in total. The number of hydrogen-bond acceptors (Lipinski definition) is 2. The highest BCUT2D eigenvalue weighted by molar-refractivity contribution is 7.98. The molecule has 0 unspecified atom stereocenters. The molecule has 0 aliphatic rings. The van der Waals surface area contributed by atoms with Crippen molar-refractivity contribution in [2.45, 2.75) is 10.8 Å². The lowest BCUT2D eigenvalue weighted by Gasteiger charge is -2.09. The predicted octanol–water partition coefficient (Wildman–Crippen LogP) is 4.40. The minimum absolute atomic E-state index is 0.117. The van der Waals surface area contributed by atoms with Crippen molar-refractivity contribution < 1.29 is 4.79 Å². The summed E-state index contributed by atoms with van der Waals surface area (Å²) in [5.41, 5.74) is 2.39. The fraction of sp³-hybridized carbons (Fsp3) is 0.133. The van der Waals surface area contributed by atoms with E-state index in [0.717, 1.165) is 16.1 Å². The van der Waals surface area contributed by atoms with E-state index in [0.29, 0.717) is 11.4 Å². The second kappa shape index (κ2) is 6.64. The molecule has 0 heterocycles. The summed E-state index contributed by atoms with van der Waals surface area (Å²) in [7, 11) is 0. The second-order valence-electron chi connectivity index (χ2n) is 3.99. The van der Waals surface area contributed by atoms with E-state index in [-0.39, 0.29) is 5.91 Å². The van der Waals surface area contributed by atoms with Gasteiger partial charge in [0.25, 0.3) is 5.91 Å². The van der Waals surface area contributed by atoms with Crippen molar-refractivity contribution in [3.63, 3.8) is 0 Å². The summed E-state index contributed by atoms with van der Waals surface area (Å²) in [6.45, 7) is 0. The normalized spacial score (nSPS) is 10.2. The van der Waals surface area contributed by atoms with Crippen LogP contribution >= 0.6 is 23.4 Å². The first-order valence-electron chi connectivity index (χ1n) is 5.84. The molecule has 0 fully saturated rings. The van der Waals surface area contributed by atoms with Crippen LogP contribution in [0.4, 0.5) is 5.69 Å². The van der Waals surface area contributed by atoms with Crippen molar-refractivity contribution in [1.29, 1.82) is 0 Å². The molecule has 0 radical (unpaired) electrons. The Kier molecular flexibility index (Phi) is 4.88. The molecule has 0 atom stereocenters. The van der Waals surface area contributed by atoms with E-state index in [4.69, 9.17) is 11.6 Å². The van der Waals surface area contributed by atoms with Crippen LogP contribution in [-0.2, 0) is 5.88 Å². The Balaban J connectivity index is 2.20. The lowest BCUT2D eigenvalue weighted by atomic mass is 10.1. The average molecular weight is 292 g/mol. The van der Waals surface area contributed by atoms with Crippen molar-refractivity contribution in [3.05, 3.63) is 59.7 Å². The van der Waals surface area contributed by atoms with E-state index in [1.54, 1.807) is 17.8 Å². The van der Waals surface area contributed by atoms with Crippen LogP contribution in [0.1, 0.15) is 15.9 Å². The number of anilines is 1. The Morgan fingerprint density at radius 2 is 2.00 bits per heavy atom. The number of benzene rings is 2. The number of carbonyl (C=O) groups excluding carboxylic acids is 1. The third kappa shape index (κ3) is 3.52. The first-order valence-corrected chi connectivity index (χ1v) is 7.60. The average Bonchev–Trinajstić information content (AvgIpc) is 2.47. The lowest BCUT2D eigenvalue weighted by molar-refractivity contribution is 0.102. The number of para-hydroxylation sites is 1. The molecule has 1 N–H and O–H groups in total. The van der Waals surface area contributed by atoms with Gasteiger partial charge < -0.3 is 5.32 Å². The van der Waals surface area contributed by atoms with Crippen molar-refractivity contribution in [2.75, 3.05) is 11.6 Å². The summed E-state index contributed by atoms with van der Waals surface area (Å²) in [6.07, 6.45) is 1.99. The van der Waals surface area contributed by atoms with Gasteiger partial charge in [-0.25, -0.2) is 0 Å². The molecular formula is C15H14ClNOS. The topological polar surface area (TPSA) is 29.1 Å². The summed E-state index contributed by atoms with van der Waals surface area (Å²) in [4.78, 5) is 13.2. The van der Waals surface area contributed by atoms with Gasteiger partial charge in [-0.1, -0.05) is 24.3 Å². The molecule has 0 saturated heterocycles. The Bertz CT molecular complexity index is 586. The van der Waals surface area contributed by atoms with Gasteiger partial charge in [0.2, 0.25) is 0 Å². The number of alkyl halides is 1. The van der Waals surface area contributed by atoms with Gasteiger partial charge in [-0.15, -0.1) is 23.4 Å². The van der Waals surface area contributed by atoms with E-state index < -0.39 is 0 Å². The van der Waals surface area contributed by atoms with Gasteiger partial charge in [0.05, 0.1) is 5.69 Å². The first-order chi connectivity index (χ1) is 9.24. The highest BCUT2D eigenvalue weighted by Gasteiger charge is 2.08. The van der Waals surface area contributed by atoms with Crippen LogP contribution in [0, 0.1) is 0 Å². The Labute approximate surface area is 122 Å². The maximum atomic E-state index is 12.2. The van der Waals surface area contributed by atoms with Crippen molar-refractivity contribution in [3.8, 4) is 0 Å². The van der Waals surface area contributed by atoms with Crippen LogP contribution in [0.5, 0.6) is 0 Å². The van der Waals surface area contributed by atoms with Gasteiger partial charge >= 0.3 is 0 Å². The van der Waals surface area contributed by atoms with Crippen molar-refractivity contribution in [2.24, 2.45) is 0 Å². The third-order valence-electron chi connectivity index (χ3n) is 2.70. The summed E-state index contributed by atoms with van der Waals surface area (Å²) in [5.74, 6) is 0.288. The fourth-order valence-electron chi connectivity index (χ4n) is 1.74. The molecule has 0 aromatic heterocycles. The number of thioether (sulfide) groups is 1. The van der Waals surface area contributed by atoms with Crippen LogP contribution in [-0.4, -0.2) is 12.2 Å². The number of amides is 1. The number of halogens is 1. The lowest BCUT2D eigenvalue weighted by Crippen LogP contribution is -2.12. The Morgan fingerprint density at radius 1 is 1.21 bits per heavy atom. The van der Waals surface area contributed by atoms with E-state index in [1.807, 2.05) is 48.7 Å². The highest BCUT2D eigenvalue weighted by Crippen LogP contribution is 2.25. The van der Waals surface area contributed by atoms with Gasteiger partial charge in [-0.3, -0.25) is 4.79 Å². The molecule has 0 saturated carbocycles. The van der Waals surface area contributed by atoms with Crippen LogP contribution < -0.4 is 5.32 Å². The van der Waals surface area contributed by atoms with Gasteiger partial charge in [0, 0.05) is 16.3 Å². The number of rotatable bonds is 4. The molecule has 2 aromatic rings. The quantitative estimate of drug-likeness (QED) is 0.668. The molecule has 0 spiro atoms. The zero-order chi connectivity index (χ0) is 13.7. The van der Waals surface area contributed by atoms with Gasteiger partial charge in [0.1, 0.15) is 0 Å². The minimum Gasteiger partial charge on any atom is -0.321 e. The zero-order valence-corrected chi connectivity index (χ0v) is 12.1. The smallest absolute Gasteiger partial charge is 0.255 e. The first kappa shape index (κ1) is 14.0. The van der Waals surface area contributed by atoms with Crippen LogP contribution in [0.3, 0.4) is 0 Å². The molecule has 19 heavy (non-hydrogen) atoms. The minimum atomic E-state index is -0.117. The largest absolute Gasteiger partial charge is 0.321 e. The zero-order valence-electron chi connectivity index (χ0n) is 10.5. The monoisotopic (exact) mass is 291 g/mol. The van der Waals surface area contributed by atoms with Gasteiger partial charge in [-0.2, -0.15) is 0 Å². The maximum Gasteiger partial charge on any atom is 0.255 e. The second-order valence-corrected chi connectivity index (χ2v) is 5.10. The molecule has 4 heteroatoms. The molecule has 0 aliphatic heterocycles. The summed E-state index contributed by atoms with van der Waals surface area (Å²) < 4.78 is 0. The van der Waals surface area contributed by atoms with E-state index in [1.165, 1.54) is 0 Å². The van der Waals surface area contributed by atoms with Gasteiger partial charge in [-0.05, 0) is 36.1 Å². The van der Waals surface area contributed by atoms with E-state index in [9.17, 15) is 4.79 Å². The van der Waals surface area contributed by atoms with Crippen LogP contribution in [0.25, 0.3) is 0 Å². The molecule has 1 amide bonds. The summed E-state index contributed by atoms with van der Waals surface area (Å²) in [6, 6.07) is 15.1. The van der Waals surface area contributed by atoms with Crippen LogP contribution in [0.2, 0.25) is 0 Å².